The van der Waals surface area contributed by atoms with E-state index in [2.05, 4.69) is 23.5 Å². The van der Waals surface area contributed by atoms with Crippen molar-refractivity contribution in [3.8, 4) is 0 Å². The Kier molecular flexibility index (Phi) is 3.58. The molecule has 0 aliphatic heterocycles. The minimum absolute atomic E-state index is 0.111. The number of aromatic nitrogens is 2. The maximum atomic E-state index is 12.0. The fraction of sp³-hybridized carbons (Fsp3) is 0.733. The molecule has 3 rings (SSSR count). The van der Waals surface area contributed by atoms with Crippen molar-refractivity contribution in [3.63, 3.8) is 0 Å². The standard InChI is InChI=1S/C15H23N3O/c1-11-6-7-14-12(8-11)9-18(17-14)10-15(19)16-13-4-2-3-5-13/h9,11,13H,2-8,10H2,1H3,(H,16,19). The van der Waals surface area contributed by atoms with Gasteiger partial charge < -0.3 is 5.32 Å². The molecule has 4 heteroatoms. The molecule has 2 aliphatic rings. The summed E-state index contributed by atoms with van der Waals surface area (Å²) in [6, 6.07) is 0.401. The normalized spacial score (nSPS) is 23.3. The smallest absolute Gasteiger partial charge is 0.241 e. The van der Waals surface area contributed by atoms with Gasteiger partial charge in [0.2, 0.25) is 5.91 Å². The second kappa shape index (κ2) is 5.35. The Bertz CT molecular complexity index is 460. The third-order valence-electron chi connectivity index (χ3n) is 4.39. The molecule has 1 N–H and O–H groups in total. The Balaban J connectivity index is 1.59. The second-order valence-corrected chi connectivity index (χ2v) is 6.20. The topological polar surface area (TPSA) is 46.9 Å². The number of rotatable bonds is 3. The first-order valence-electron chi connectivity index (χ1n) is 7.55. The van der Waals surface area contributed by atoms with Crippen molar-refractivity contribution in [3.05, 3.63) is 17.5 Å². The molecule has 0 saturated heterocycles. The van der Waals surface area contributed by atoms with E-state index in [4.69, 9.17) is 0 Å². The third kappa shape index (κ3) is 2.99. The number of nitrogens with one attached hydrogen (secondary N) is 1. The predicted molar refractivity (Wildman–Crippen MR) is 73.8 cm³/mol. The molecule has 1 heterocycles. The van der Waals surface area contributed by atoms with Gasteiger partial charge in [-0.1, -0.05) is 19.8 Å². The molecule has 1 fully saturated rings. The van der Waals surface area contributed by atoms with Gasteiger partial charge in [-0.25, -0.2) is 0 Å². The van der Waals surface area contributed by atoms with Crippen LogP contribution in [-0.2, 0) is 24.2 Å². The van der Waals surface area contributed by atoms with Gasteiger partial charge in [0.25, 0.3) is 0 Å². The van der Waals surface area contributed by atoms with Crippen molar-refractivity contribution in [2.75, 3.05) is 0 Å². The lowest BCUT2D eigenvalue weighted by atomic mass is 9.89. The minimum Gasteiger partial charge on any atom is -0.352 e. The molecule has 0 bridgehead atoms. The summed E-state index contributed by atoms with van der Waals surface area (Å²) < 4.78 is 1.83. The fourth-order valence-corrected chi connectivity index (χ4v) is 3.32. The molecule has 0 spiro atoms. The van der Waals surface area contributed by atoms with Crippen LogP contribution in [0.4, 0.5) is 0 Å². The monoisotopic (exact) mass is 261 g/mol. The third-order valence-corrected chi connectivity index (χ3v) is 4.39. The minimum atomic E-state index is 0.111. The van der Waals surface area contributed by atoms with Crippen LogP contribution in [0.1, 0.15) is 50.3 Å². The summed E-state index contributed by atoms with van der Waals surface area (Å²) in [6.45, 7) is 2.66. The highest BCUT2D eigenvalue weighted by Gasteiger charge is 2.20. The largest absolute Gasteiger partial charge is 0.352 e. The van der Waals surface area contributed by atoms with Gasteiger partial charge in [-0.05, 0) is 43.6 Å². The number of aryl methyl sites for hydroxylation is 1. The van der Waals surface area contributed by atoms with Crippen molar-refractivity contribution in [2.24, 2.45) is 5.92 Å². The zero-order valence-corrected chi connectivity index (χ0v) is 11.7. The lowest BCUT2D eigenvalue weighted by Crippen LogP contribution is -2.35. The molecule has 0 radical (unpaired) electrons. The lowest BCUT2D eigenvalue weighted by Gasteiger charge is -2.15. The van der Waals surface area contributed by atoms with Gasteiger partial charge in [-0.2, -0.15) is 5.10 Å². The number of hydrogen-bond donors (Lipinski definition) is 1. The fourth-order valence-electron chi connectivity index (χ4n) is 3.32. The highest BCUT2D eigenvalue weighted by Crippen LogP contribution is 2.24. The van der Waals surface area contributed by atoms with Gasteiger partial charge in [0.1, 0.15) is 6.54 Å². The van der Waals surface area contributed by atoms with Crippen molar-refractivity contribution in [1.29, 1.82) is 0 Å². The summed E-state index contributed by atoms with van der Waals surface area (Å²) in [5.41, 5.74) is 2.54. The summed E-state index contributed by atoms with van der Waals surface area (Å²) >= 11 is 0. The van der Waals surface area contributed by atoms with Gasteiger partial charge >= 0.3 is 0 Å². The summed E-state index contributed by atoms with van der Waals surface area (Å²) in [5, 5.41) is 7.67. The van der Waals surface area contributed by atoms with Crippen LogP contribution in [0.3, 0.4) is 0 Å². The van der Waals surface area contributed by atoms with Gasteiger partial charge in [-0.3, -0.25) is 9.48 Å². The van der Waals surface area contributed by atoms with Crippen molar-refractivity contribution in [2.45, 2.75) is 64.5 Å². The van der Waals surface area contributed by atoms with E-state index >= 15 is 0 Å². The zero-order valence-electron chi connectivity index (χ0n) is 11.7. The summed E-state index contributed by atoms with van der Waals surface area (Å²) in [7, 11) is 0. The number of carbonyl (C=O) groups excluding carboxylic acids is 1. The molecule has 1 saturated carbocycles. The Morgan fingerprint density at radius 1 is 1.42 bits per heavy atom. The summed E-state index contributed by atoms with van der Waals surface area (Å²) in [5.74, 6) is 0.859. The lowest BCUT2D eigenvalue weighted by molar-refractivity contribution is -0.122. The first-order valence-corrected chi connectivity index (χ1v) is 7.55. The molecule has 1 atom stereocenters. The molecular formula is C15H23N3O. The van der Waals surface area contributed by atoms with E-state index in [1.165, 1.54) is 30.5 Å². The van der Waals surface area contributed by atoms with Crippen LogP contribution >= 0.6 is 0 Å². The molecule has 1 aromatic rings. The molecule has 0 aromatic carbocycles. The van der Waals surface area contributed by atoms with Crippen molar-refractivity contribution >= 4 is 5.91 Å². The van der Waals surface area contributed by atoms with E-state index in [1.54, 1.807) is 0 Å². The quantitative estimate of drug-likeness (QED) is 0.905. The maximum absolute atomic E-state index is 12.0. The molecule has 4 nitrogen and oxygen atoms in total. The van der Waals surface area contributed by atoms with Crippen LogP contribution in [0, 0.1) is 5.92 Å². The molecular weight excluding hydrogens is 238 g/mol. The molecule has 1 amide bonds. The van der Waals surface area contributed by atoms with Crippen LogP contribution in [0.2, 0.25) is 0 Å². The first-order chi connectivity index (χ1) is 9.20. The number of fused-ring (bicyclic) bond motifs is 1. The van der Waals surface area contributed by atoms with Crippen LogP contribution in [0.25, 0.3) is 0 Å². The second-order valence-electron chi connectivity index (χ2n) is 6.20. The van der Waals surface area contributed by atoms with Crippen molar-refractivity contribution < 1.29 is 4.79 Å². The van der Waals surface area contributed by atoms with Gasteiger partial charge in [0.15, 0.2) is 0 Å². The van der Waals surface area contributed by atoms with E-state index in [9.17, 15) is 4.79 Å². The van der Waals surface area contributed by atoms with Gasteiger partial charge in [0, 0.05) is 12.2 Å². The van der Waals surface area contributed by atoms with Crippen LogP contribution in [0.15, 0.2) is 6.20 Å². The SMILES string of the molecule is CC1CCc2nn(CC(=O)NC3CCCC3)cc2C1. The van der Waals surface area contributed by atoms with E-state index in [0.29, 0.717) is 12.6 Å². The highest BCUT2D eigenvalue weighted by atomic mass is 16.2. The number of nitrogens with zero attached hydrogens (tertiary/aromatic N) is 2. The number of amides is 1. The number of carbonyl (C=O) groups is 1. The predicted octanol–water partition coefficient (Wildman–Crippen LogP) is 2.07. The van der Waals surface area contributed by atoms with Crippen molar-refractivity contribution in [1.82, 2.24) is 15.1 Å². The van der Waals surface area contributed by atoms with E-state index in [0.717, 1.165) is 31.6 Å². The average molecular weight is 261 g/mol. The number of hydrogen-bond acceptors (Lipinski definition) is 2. The molecule has 1 aromatic heterocycles. The van der Waals surface area contributed by atoms with Gasteiger partial charge in [-0.15, -0.1) is 0 Å². The Morgan fingerprint density at radius 3 is 3.00 bits per heavy atom. The van der Waals surface area contributed by atoms with Crippen LogP contribution in [-0.4, -0.2) is 21.7 Å². The summed E-state index contributed by atoms with van der Waals surface area (Å²) in [6.07, 6.45) is 10.2. The summed E-state index contributed by atoms with van der Waals surface area (Å²) in [4.78, 5) is 12.0. The molecule has 19 heavy (non-hydrogen) atoms. The molecule has 104 valence electrons. The van der Waals surface area contributed by atoms with Gasteiger partial charge in [0.05, 0.1) is 5.69 Å². The Morgan fingerprint density at radius 2 is 2.21 bits per heavy atom. The maximum Gasteiger partial charge on any atom is 0.241 e. The Labute approximate surface area is 114 Å². The zero-order chi connectivity index (χ0) is 13.2. The first kappa shape index (κ1) is 12.7. The molecule has 1 unspecified atom stereocenters. The average Bonchev–Trinajstić information content (AvgIpc) is 2.97. The van der Waals surface area contributed by atoms with E-state index in [-0.39, 0.29) is 5.91 Å². The van der Waals surface area contributed by atoms with E-state index < -0.39 is 0 Å². The highest BCUT2D eigenvalue weighted by molar-refractivity contribution is 5.76. The van der Waals surface area contributed by atoms with E-state index in [1.807, 2.05) is 4.68 Å². The molecule has 2 aliphatic carbocycles. The van der Waals surface area contributed by atoms with Crippen LogP contribution in [0.5, 0.6) is 0 Å². The van der Waals surface area contributed by atoms with Crippen LogP contribution < -0.4 is 5.32 Å². The Hall–Kier alpha value is -1.32.